The molecule has 3 heterocycles. The van der Waals surface area contributed by atoms with Crippen LogP contribution in [0.2, 0.25) is 0 Å². The minimum absolute atomic E-state index is 0.474. The zero-order valence-corrected chi connectivity index (χ0v) is 12.6. The topological polar surface area (TPSA) is 53.9 Å². The third kappa shape index (κ3) is 3.19. The molecule has 5 heteroatoms. The van der Waals surface area contributed by atoms with Crippen molar-refractivity contribution in [2.45, 2.75) is 25.7 Å². The van der Waals surface area contributed by atoms with E-state index < -0.39 is 0 Å². The van der Waals surface area contributed by atoms with Gasteiger partial charge >= 0.3 is 0 Å². The minimum Gasteiger partial charge on any atom is -0.323 e. The molecule has 1 aliphatic heterocycles. The zero-order chi connectivity index (χ0) is 14.7. The lowest BCUT2D eigenvalue weighted by Gasteiger charge is -2.29. The van der Waals surface area contributed by atoms with Crippen LogP contribution in [0.4, 0.5) is 11.6 Å². The van der Waals surface area contributed by atoms with E-state index in [0.717, 1.165) is 48.8 Å². The Labute approximate surface area is 125 Å². The van der Waals surface area contributed by atoms with E-state index in [-0.39, 0.29) is 0 Å². The molecule has 2 aromatic rings. The molecule has 1 N–H and O–H groups in total. The lowest BCUT2D eigenvalue weighted by Crippen LogP contribution is -2.29. The summed E-state index contributed by atoms with van der Waals surface area (Å²) in [7, 11) is 2.17. The van der Waals surface area contributed by atoms with Gasteiger partial charge < -0.3 is 10.2 Å². The molecule has 3 rings (SSSR count). The van der Waals surface area contributed by atoms with E-state index >= 15 is 0 Å². The van der Waals surface area contributed by atoms with Gasteiger partial charge in [-0.25, -0.2) is 9.97 Å². The van der Waals surface area contributed by atoms with Crippen molar-refractivity contribution in [3.8, 4) is 0 Å². The van der Waals surface area contributed by atoms with Crippen LogP contribution in [0, 0.1) is 6.92 Å². The maximum atomic E-state index is 4.58. The van der Waals surface area contributed by atoms with Crippen LogP contribution in [0.25, 0.3) is 0 Å². The Morgan fingerprint density at radius 1 is 1.05 bits per heavy atom. The van der Waals surface area contributed by atoms with Gasteiger partial charge in [-0.05, 0) is 51.5 Å². The molecule has 21 heavy (non-hydrogen) atoms. The van der Waals surface area contributed by atoms with Gasteiger partial charge in [0.25, 0.3) is 0 Å². The number of piperidine rings is 1. The van der Waals surface area contributed by atoms with E-state index in [1.54, 1.807) is 18.6 Å². The van der Waals surface area contributed by atoms with E-state index in [2.05, 4.69) is 32.2 Å². The second-order valence-electron chi connectivity index (χ2n) is 5.66. The molecule has 5 nitrogen and oxygen atoms in total. The molecule has 0 spiro atoms. The third-order valence-electron chi connectivity index (χ3n) is 4.08. The summed E-state index contributed by atoms with van der Waals surface area (Å²) < 4.78 is 0. The Morgan fingerprint density at radius 3 is 2.52 bits per heavy atom. The van der Waals surface area contributed by atoms with Crippen LogP contribution >= 0.6 is 0 Å². The van der Waals surface area contributed by atoms with Crippen LogP contribution < -0.4 is 5.32 Å². The number of aryl methyl sites for hydroxylation is 1. The van der Waals surface area contributed by atoms with Crippen LogP contribution in [0.15, 0.2) is 30.7 Å². The summed E-state index contributed by atoms with van der Waals surface area (Å²) in [6, 6.07) is 3.98. The number of hydrogen-bond donors (Lipinski definition) is 1. The number of hydrogen-bond acceptors (Lipinski definition) is 5. The Bertz CT molecular complexity index is 605. The number of pyridine rings is 1. The van der Waals surface area contributed by atoms with Gasteiger partial charge in [-0.1, -0.05) is 6.07 Å². The number of likely N-dealkylation sites (tertiary alicyclic amines) is 1. The van der Waals surface area contributed by atoms with E-state index in [0.29, 0.717) is 5.92 Å². The molecule has 0 saturated carbocycles. The molecule has 110 valence electrons. The van der Waals surface area contributed by atoms with Gasteiger partial charge in [-0.15, -0.1) is 0 Å². The molecule has 0 radical (unpaired) electrons. The first-order valence-corrected chi connectivity index (χ1v) is 7.42. The van der Waals surface area contributed by atoms with Crippen LogP contribution in [-0.4, -0.2) is 40.0 Å². The first kappa shape index (κ1) is 13.9. The first-order valence-electron chi connectivity index (χ1n) is 7.42. The summed E-state index contributed by atoms with van der Waals surface area (Å²) >= 11 is 0. The van der Waals surface area contributed by atoms with Gasteiger partial charge in [0, 0.05) is 24.5 Å². The normalized spacial score (nSPS) is 16.9. The summed E-state index contributed by atoms with van der Waals surface area (Å²) in [4.78, 5) is 15.8. The monoisotopic (exact) mass is 283 g/mol. The Kier molecular flexibility index (Phi) is 4.10. The van der Waals surface area contributed by atoms with Gasteiger partial charge in [0.1, 0.15) is 5.82 Å². The molecule has 0 atom stereocenters. The molecule has 1 aliphatic rings. The van der Waals surface area contributed by atoms with E-state index in [4.69, 9.17) is 0 Å². The number of anilines is 2. The van der Waals surface area contributed by atoms with Crippen molar-refractivity contribution in [3.05, 3.63) is 42.0 Å². The average Bonchev–Trinajstić information content (AvgIpc) is 2.51. The van der Waals surface area contributed by atoms with E-state index in [1.165, 1.54) is 0 Å². The van der Waals surface area contributed by atoms with Gasteiger partial charge in [-0.3, -0.25) is 4.98 Å². The van der Waals surface area contributed by atoms with E-state index in [1.807, 2.05) is 19.1 Å². The van der Waals surface area contributed by atoms with Crippen LogP contribution in [0.5, 0.6) is 0 Å². The lowest BCUT2D eigenvalue weighted by molar-refractivity contribution is 0.253. The van der Waals surface area contributed by atoms with Gasteiger partial charge in [0.15, 0.2) is 5.82 Å². The minimum atomic E-state index is 0.474. The fourth-order valence-corrected chi connectivity index (χ4v) is 2.75. The second-order valence-corrected chi connectivity index (χ2v) is 5.66. The Morgan fingerprint density at radius 2 is 1.76 bits per heavy atom. The fraction of sp³-hybridized carbons (Fsp3) is 0.438. The highest BCUT2D eigenvalue weighted by Crippen LogP contribution is 2.31. The summed E-state index contributed by atoms with van der Waals surface area (Å²) in [5.41, 5.74) is 2.17. The van der Waals surface area contributed by atoms with Crippen LogP contribution in [0.3, 0.4) is 0 Å². The summed E-state index contributed by atoms with van der Waals surface area (Å²) in [5.74, 6) is 2.17. The lowest BCUT2D eigenvalue weighted by atomic mass is 9.93. The van der Waals surface area contributed by atoms with Crippen molar-refractivity contribution in [1.82, 2.24) is 19.9 Å². The smallest absolute Gasteiger partial charge is 0.153 e. The summed E-state index contributed by atoms with van der Waals surface area (Å²) in [6.07, 6.45) is 7.57. The number of rotatable bonds is 3. The first-order chi connectivity index (χ1) is 10.2. The van der Waals surface area contributed by atoms with Crippen molar-refractivity contribution < 1.29 is 0 Å². The van der Waals surface area contributed by atoms with Crippen molar-refractivity contribution in [3.63, 3.8) is 0 Å². The maximum absolute atomic E-state index is 4.58. The van der Waals surface area contributed by atoms with Gasteiger partial charge in [0.05, 0.1) is 5.69 Å². The van der Waals surface area contributed by atoms with Gasteiger partial charge in [-0.2, -0.15) is 0 Å². The maximum Gasteiger partial charge on any atom is 0.153 e. The van der Waals surface area contributed by atoms with Gasteiger partial charge in [0.2, 0.25) is 0 Å². The number of aromatic nitrogens is 3. The third-order valence-corrected chi connectivity index (χ3v) is 4.08. The van der Waals surface area contributed by atoms with Crippen molar-refractivity contribution >= 4 is 11.6 Å². The highest BCUT2D eigenvalue weighted by atomic mass is 15.1. The molecule has 2 aromatic heterocycles. The SMILES string of the molecule is Cc1cccnc1Nc1nccnc1C1CCN(C)CC1. The van der Waals surface area contributed by atoms with Crippen molar-refractivity contribution in [2.24, 2.45) is 0 Å². The molecular formula is C16H21N5. The van der Waals surface area contributed by atoms with Crippen molar-refractivity contribution in [2.75, 3.05) is 25.5 Å². The molecule has 0 aliphatic carbocycles. The molecule has 0 bridgehead atoms. The standard InChI is InChI=1S/C16H21N5/c1-12-4-3-7-18-15(12)20-16-14(17-8-9-19-16)13-5-10-21(2)11-6-13/h3-4,7-9,13H,5-6,10-11H2,1-2H3,(H,18,19,20). The fourth-order valence-electron chi connectivity index (χ4n) is 2.75. The quantitative estimate of drug-likeness (QED) is 0.938. The Balaban J connectivity index is 1.84. The number of nitrogens with one attached hydrogen (secondary N) is 1. The highest BCUT2D eigenvalue weighted by molar-refractivity contribution is 5.57. The molecule has 1 saturated heterocycles. The van der Waals surface area contributed by atoms with Crippen LogP contribution in [0.1, 0.15) is 30.0 Å². The molecule has 0 unspecified atom stereocenters. The Hall–Kier alpha value is -2.01. The average molecular weight is 283 g/mol. The zero-order valence-electron chi connectivity index (χ0n) is 12.6. The predicted molar refractivity (Wildman–Crippen MR) is 83.8 cm³/mol. The predicted octanol–water partition coefficient (Wildman–Crippen LogP) is 2.73. The molecular weight excluding hydrogens is 262 g/mol. The molecule has 0 aromatic carbocycles. The largest absolute Gasteiger partial charge is 0.323 e. The van der Waals surface area contributed by atoms with Crippen LogP contribution in [-0.2, 0) is 0 Å². The number of nitrogens with zero attached hydrogens (tertiary/aromatic N) is 4. The highest BCUT2D eigenvalue weighted by Gasteiger charge is 2.22. The second kappa shape index (κ2) is 6.18. The molecule has 1 fully saturated rings. The summed E-state index contributed by atoms with van der Waals surface area (Å²) in [6.45, 7) is 4.27. The summed E-state index contributed by atoms with van der Waals surface area (Å²) in [5, 5.41) is 3.35. The van der Waals surface area contributed by atoms with E-state index in [9.17, 15) is 0 Å². The van der Waals surface area contributed by atoms with Crippen molar-refractivity contribution in [1.29, 1.82) is 0 Å². The molecule has 0 amide bonds.